The van der Waals surface area contributed by atoms with Gasteiger partial charge in [-0.1, -0.05) is 29.8 Å². The van der Waals surface area contributed by atoms with E-state index in [9.17, 15) is 4.79 Å². The first-order valence-electron chi connectivity index (χ1n) is 6.57. The van der Waals surface area contributed by atoms with Gasteiger partial charge in [0.2, 0.25) is 0 Å². The first-order valence-corrected chi connectivity index (χ1v) is 6.94. The number of nitrogens with one attached hydrogen (secondary N) is 1. The van der Waals surface area contributed by atoms with Crippen LogP contribution in [0.1, 0.15) is 11.1 Å². The summed E-state index contributed by atoms with van der Waals surface area (Å²) in [5.41, 5.74) is 8.06. The molecule has 0 radical (unpaired) electrons. The fraction of sp³-hybridized carbons (Fsp3) is 0.188. The zero-order valence-corrected chi connectivity index (χ0v) is 12.5. The summed E-state index contributed by atoms with van der Waals surface area (Å²) in [4.78, 5) is 11.9. The van der Waals surface area contributed by atoms with Crippen molar-refractivity contribution in [1.29, 1.82) is 0 Å². The summed E-state index contributed by atoms with van der Waals surface area (Å²) >= 11 is 6.01. The minimum Gasteiger partial charge on any atom is -0.484 e. The van der Waals surface area contributed by atoms with Gasteiger partial charge in [-0.25, -0.2) is 0 Å². The van der Waals surface area contributed by atoms with Crippen LogP contribution in [-0.2, 0) is 11.3 Å². The molecule has 0 bridgehead atoms. The molecule has 0 aliphatic carbocycles. The average Bonchev–Trinajstić information content (AvgIpc) is 2.50. The summed E-state index contributed by atoms with van der Waals surface area (Å²) in [6.45, 7) is 2.27. The summed E-state index contributed by atoms with van der Waals surface area (Å²) in [6, 6.07) is 12.7. The van der Waals surface area contributed by atoms with Crippen molar-refractivity contribution in [2.24, 2.45) is 5.73 Å². The van der Waals surface area contributed by atoms with Crippen LogP contribution in [0.2, 0.25) is 5.02 Å². The Morgan fingerprint density at radius 2 is 1.95 bits per heavy atom. The lowest BCUT2D eigenvalue weighted by molar-refractivity contribution is -0.118. The van der Waals surface area contributed by atoms with E-state index in [1.54, 1.807) is 30.3 Å². The van der Waals surface area contributed by atoms with Crippen LogP contribution < -0.4 is 15.8 Å². The molecule has 2 aromatic carbocycles. The molecule has 5 heteroatoms. The van der Waals surface area contributed by atoms with Crippen LogP contribution in [-0.4, -0.2) is 12.5 Å². The molecular formula is C16H17ClN2O2. The maximum Gasteiger partial charge on any atom is 0.262 e. The van der Waals surface area contributed by atoms with Gasteiger partial charge in [-0.3, -0.25) is 4.79 Å². The van der Waals surface area contributed by atoms with Crippen molar-refractivity contribution in [3.63, 3.8) is 0 Å². The third-order valence-corrected chi connectivity index (χ3v) is 3.48. The summed E-state index contributed by atoms with van der Waals surface area (Å²) in [5, 5.41) is 3.39. The highest BCUT2D eigenvalue weighted by atomic mass is 35.5. The normalized spacial score (nSPS) is 10.2. The molecule has 1 amide bonds. The molecule has 0 heterocycles. The Balaban J connectivity index is 1.91. The van der Waals surface area contributed by atoms with Gasteiger partial charge in [0.25, 0.3) is 5.91 Å². The van der Waals surface area contributed by atoms with E-state index in [1.165, 1.54) is 0 Å². The highest BCUT2D eigenvalue weighted by Crippen LogP contribution is 2.22. The fourth-order valence-corrected chi connectivity index (χ4v) is 1.97. The average molecular weight is 305 g/mol. The number of hydrogen-bond donors (Lipinski definition) is 2. The SMILES string of the molecule is Cc1c(Cl)cccc1NC(=O)COc1ccc(CN)cc1. The molecule has 4 nitrogen and oxygen atoms in total. The third kappa shape index (κ3) is 4.21. The Hall–Kier alpha value is -2.04. The number of carbonyl (C=O) groups excluding carboxylic acids is 1. The van der Waals surface area contributed by atoms with Crippen LogP contribution in [0, 0.1) is 6.92 Å². The number of halogens is 1. The molecule has 0 aliphatic heterocycles. The highest BCUT2D eigenvalue weighted by Gasteiger charge is 2.07. The first-order chi connectivity index (χ1) is 10.1. The molecule has 2 aromatic rings. The first kappa shape index (κ1) is 15.4. The van der Waals surface area contributed by atoms with Gasteiger partial charge in [-0.2, -0.15) is 0 Å². The van der Waals surface area contributed by atoms with Crippen molar-refractivity contribution < 1.29 is 9.53 Å². The van der Waals surface area contributed by atoms with E-state index in [1.807, 2.05) is 19.1 Å². The van der Waals surface area contributed by atoms with Crippen molar-refractivity contribution in [2.75, 3.05) is 11.9 Å². The standard InChI is InChI=1S/C16H17ClN2O2/c1-11-14(17)3-2-4-15(11)19-16(20)10-21-13-7-5-12(9-18)6-8-13/h2-8H,9-10,18H2,1H3,(H,19,20). The monoisotopic (exact) mass is 304 g/mol. The van der Waals surface area contributed by atoms with Crippen LogP contribution >= 0.6 is 11.6 Å². The molecule has 0 spiro atoms. The molecule has 0 aliphatic rings. The number of hydrogen-bond acceptors (Lipinski definition) is 3. The second-order valence-corrected chi connectivity index (χ2v) is 5.00. The van der Waals surface area contributed by atoms with E-state index in [-0.39, 0.29) is 12.5 Å². The summed E-state index contributed by atoms with van der Waals surface area (Å²) in [6.07, 6.45) is 0. The Bertz CT molecular complexity index is 627. The minimum atomic E-state index is -0.233. The van der Waals surface area contributed by atoms with Gasteiger partial charge >= 0.3 is 0 Å². The van der Waals surface area contributed by atoms with Crippen molar-refractivity contribution >= 4 is 23.2 Å². The number of carbonyl (C=O) groups is 1. The molecule has 0 atom stereocenters. The predicted molar refractivity (Wildman–Crippen MR) is 84.6 cm³/mol. The lowest BCUT2D eigenvalue weighted by Gasteiger charge is -2.10. The van der Waals surface area contributed by atoms with Crippen LogP contribution in [0.5, 0.6) is 5.75 Å². The summed E-state index contributed by atoms with van der Waals surface area (Å²) in [5.74, 6) is 0.397. The number of benzene rings is 2. The number of anilines is 1. The molecule has 0 fully saturated rings. The van der Waals surface area contributed by atoms with Gasteiger partial charge in [-0.05, 0) is 42.3 Å². The Labute approximate surface area is 128 Å². The van der Waals surface area contributed by atoms with Gasteiger partial charge in [0, 0.05) is 17.3 Å². The second-order valence-electron chi connectivity index (χ2n) is 4.60. The Morgan fingerprint density at radius 1 is 1.24 bits per heavy atom. The van der Waals surface area contributed by atoms with Crippen LogP contribution in [0.25, 0.3) is 0 Å². The molecule has 0 unspecified atom stereocenters. The third-order valence-electron chi connectivity index (χ3n) is 3.07. The van der Waals surface area contributed by atoms with Gasteiger partial charge < -0.3 is 15.8 Å². The smallest absolute Gasteiger partial charge is 0.262 e. The van der Waals surface area contributed by atoms with Crippen LogP contribution in [0.15, 0.2) is 42.5 Å². The predicted octanol–water partition coefficient (Wildman–Crippen LogP) is 3.12. The van der Waals surface area contributed by atoms with Gasteiger partial charge in [0.15, 0.2) is 6.61 Å². The number of ether oxygens (including phenoxy) is 1. The maximum absolute atomic E-state index is 11.9. The van der Waals surface area contributed by atoms with E-state index >= 15 is 0 Å². The highest BCUT2D eigenvalue weighted by molar-refractivity contribution is 6.31. The Kier molecular flexibility index (Phi) is 5.20. The fourth-order valence-electron chi connectivity index (χ4n) is 1.80. The number of nitrogens with two attached hydrogens (primary N) is 1. The van der Waals surface area contributed by atoms with Gasteiger partial charge in [-0.15, -0.1) is 0 Å². The van der Waals surface area contributed by atoms with Crippen LogP contribution in [0.3, 0.4) is 0 Å². The zero-order chi connectivity index (χ0) is 15.2. The van der Waals surface area contributed by atoms with Crippen molar-refractivity contribution in [3.8, 4) is 5.75 Å². The number of amides is 1. The molecular weight excluding hydrogens is 288 g/mol. The molecule has 21 heavy (non-hydrogen) atoms. The van der Waals surface area contributed by atoms with E-state index in [0.717, 1.165) is 11.1 Å². The molecule has 3 N–H and O–H groups in total. The van der Waals surface area contributed by atoms with Gasteiger partial charge in [0.1, 0.15) is 5.75 Å². The van der Waals surface area contributed by atoms with E-state index in [4.69, 9.17) is 22.1 Å². The molecule has 0 saturated heterocycles. The Morgan fingerprint density at radius 3 is 2.62 bits per heavy atom. The molecule has 0 aromatic heterocycles. The number of rotatable bonds is 5. The quantitative estimate of drug-likeness (QED) is 0.892. The summed E-state index contributed by atoms with van der Waals surface area (Å²) < 4.78 is 5.42. The van der Waals surface area contributed by atoms with E-state index < -0.39 is 0 Å². The topological polar surface area (TPSA) is 64.3 Å². The van der Waals surface area contributed by atoms with Crippen molar-refractivity contribution in [3.05, 3.63) is 58.6 Å². The van der Waals surface area contributed by atoms with E-state index in [2.05, 4.69) is 5.32 Å². The minimum absolute atomic E-state index is 0.0616. The largest absolute Gasteiger partial charge is 0.484 e. The van der Waals surface area contributed by atoms with Crippen molar-refractivity contribution in [1.82, 2.24) is 0 Å². The molecule has 2 rings (SSSR count). The van der Waals surface area contributed by atoms with Crippen molar-refractivity contribution in [2.45, 2.75) is 13.5 Å². The lowest BCUT2D eigenvalue weighted by Crippen LogP contribution is -2.20. The second kappa shape index (κ2) is 7.11. The molecule has 0 saturated carbocycles. The maximum atomic E-state index is 11.9. The van der Waals surface area contributed by atoms with E-state index in [0.29, 0.717) is 23.0 Å². The summed E-state index contributed by atoms with van der Waals surface area (Å²) in [7, 11) is 0. The van der Waals surface area contributed by atoms with Gasteiger partial charge in [0.05, 0.1) is 0 Å². The molecule has 110 valence electrons. The zero-order valence-electron chi connectivity index (χ0n) is 11.7. The lowest BCUT2D eigenvalue weighted by atomic mass is 10.2. The van der Waals surface area contributed by atoms with Crippen LogP contribution in [0.4, 0.5) is 5.69 Å².